The molecule has 78 heavy (non-hydrogen) atoms. The van der Waals surface area contributed by atoms with Crippen molar-refractivity contribution in [3.63, 3.8) is 0 Å². The lowest BCUT2D eigenvalue weighted by molar-refractivity contribution is -0.870. The number of rotatable bonds is 63. The van der Waals surface area contributed by atoms with Gasteiger partial charge in [-0.05, 0) is 57.4 Å². The van der Waals surface area contributed by atoms with Crippen LogP contribution in [0.15, 0.2) is 24.3 Å². The van der Waals surface area contributed by atoms with Gasteiger partial charge in [-0.2, -0.15) is 0 Å². The number of carbonyl (C=O) groups excluding carboxylic acids is 2. The number of quaternary nitrogens is 1. The third-order valence-electron chi connectivity index (χ3n) is 15.6. The molecule has 0 aromatic carbocycles. The van der Waals surface area contributed by atoms with Gasteiger partial charge in [0.2, 0.25) is 5.91 Å². The number of likely N-dealkylation sites (N-methyl/N-ethyl adjacent to an activating group) is 1. The van der Waals surface area contributed by atoms with Crippen LogP contribution in [0.2, 0.25) is 0 Å². The monoisotopic (exact) mass is 1120 g/mol. The van der Waals surface area contributed by atoms with Crippen molar-refractivity contribution in [3.8, 4) is 0 Å². The summed E-state index contributed by atoms with van der Waals surface area (Å²) in [7, 11) is 1.20. The van der Waals surface area contributed by atoms with E-state index in [4.69, 9.17) is 13.8 Å². The Morgan fingerprint density at radius 1 is 0.436 bits per heavy atom. The minimum Gasteiger partial charge on any atom is -0.756 e. The molecule has 0 aliphatic carbocycles. The highest BCUT2D eigenvalue weighted by Gasteiger charge is 2.27. The maximum absolute atomic E-state index is 13.6. The molecule has 0 rings (SSSR count). The van der Waals surface area contributed by atoms with Crippen molar-refractivity contribution in [1.29, 1.82) is 0 Å². The molecular weight excluding hydrogens is 988 g/mol. The Morgan fingerprint density at radius 3 is 1.09 bits per heavy atom. The van der Waals surface area contributed by atoms with Crippen molar-refractivity contribution in [2.75, 3.05) is 40.9 Å². The highest BCUT2D eigenvalue weighted by atomic mass is 31.2. The van der Waals surface area contributed by atoms with Gasteiger partial charge in [-0.3, -0.25) is 14.2 Å². The van der Waals surface area contributed by atoms with Gasteiger partial charge in [-0.25, -0.2) is 0 Å². The Hall–Kier alpha value is -1.51. The molecule has 0 bridgehead atoms. The quantitative estimate of drug-likeness (QED) is 0.0212. The second-order valence-corrected chi connectivity index (χ2v) is 26.1. The lowest BCUT2D eigenvalue weighted by Gasteiger charge is -2.30. The summed E-state index contributed by atoms with van der Waals surface area (Å²) in [6, 6.07) is -0.882. The SMILES string of the molecule is CCCCCCCC/C=C/CCCCCCCCCCCCCCCC(=O)NC(COP(=O)([O-])OCC[N+](C)(C)C)C(/C=C\CCCCCCCCCCCC)OC(=O)CCCCCCCCCCCCCCCCCCC. The van der Waals surface area contributed by atoms with Crippen molar-refractivity contribution in [1.82, 2.24) is 5.32 Å². The number of phosphoric acid groups is 1. The number of ether oxygens (including phenoxy) is 1. The zero-order chi connectivity index (χ0) is 57.2. The van der Waals surface area contributed by atoms with Gasteiger partial charge in [0.1, 0.15) is 19.3 Å². The molecule has 10 heteroatoms. The van der Waals surface area contributed by atoms with Crippen LogP contribution in [0, 0.1) is 0 Å². The molecule has 3 unspecified atom stereocenters. The minimum atomic E-state index is -4.70. The lowest BCUT2D eigenvalue weighted by atomic mass is 10.0. The first-order chi connectivity index (χ1) is 37.9. The van der Waals surface area contributed by atoms with E-state index in [1.54, 1.807) is 0 Å². The predicted octanol–water partition coefficient (Wildman–Crippen LogP) is 20.7. The molecule has 0 aliphatic heterocycles. The van der Waals surface area contributed by atoms with Crippen molar-refractivity contribution < 1.29 is 37.3 Å². The smallest absolute Gasteiger partial charge is 0.306 e. The fourth-order valence-corrected chi connectivity index (χ4v) is 11.1. The van der Waals surface area contributed by atoms with E-state index in [-0.39, 0.29) is 31.5 Å². The molecule has 0 saturated carbocycles. The third-order valence-corrected chi connectivity index (χ3v) is 16.6. The van der Waals surface area contributed by atoms with Crippen LogP contribution in [-0.2, 0) is 27.9 Å². The van der Waals surface area contributed by atoms with E-state index < -0.39 is 20.0 Å². The molecule has 0 aromatic heterocycles. The number of allylic oxidation sites excluding steroid dienone is 3. The fraction of sp³-hybridized carbons (Fsp3) is 0.912. The first kappa shape index (κ1) is 76.5. The zero-order valence-corrected chi connectivity index (χ0v) is 53.8. The molecule has 1 amide bonds. The molecule has 9 nitrogen and oxygen atoms in total. The van der Waals surface area contributed by atoms with Gasteiger partial charge < -0.3 is 28.5 Å². The third kappa shape index (κ3) is 59.1. The zero-order valence-electron chi connectivity index (χ0n) is 52.9. The summed E-state index contributed by atoms with van der Waals surface area (Å²) in [5, 5.41) is 3.05. The predicted molar refractivity (Wildman–Crippen MR) is 335 cm³/mol. The molecule has 0 aromatic rings. The van der Waals surface area contributed by atoms with Gasteiger partial charge in [0.05, 0.1) is 33.8 Å². The molecule has 0 spiro atoms. The Bertz CT molecular complexity index is 1380. The number of phosphoric ester groups is 1. The first-order valence-electron chi connectivity index (χ1n) is 34.1. The number of unbranched alkanes of at least 4 members (excludes halogenated alkanes) is 45. The van der Waals surface area contributed by atoms with E-state index in [1.807, 2.05) is 33.3 Å². The molecular formula is C68H133N2O7P. The lowest BCUT2D eigenvalue weighted by Crippen LogP contribution is -2.47. The Morgan fingerprint density at radius 2 is 0.744 bits per heavy atom. The first-order valence-corrected chi connectivity index (χ1v) is 35.6. The van der Waals surface area contributed by atoms with Crippen molar-refractivity contribution >= 4 is 19.7 Å². The maximum Gasteiger partial charge on any atom is 0.306 e. The Kier molecular flexibility index (Phi) is 57.5. The summed E-state index contributed by atoms with van der Waals surface area (Å²) in [5.74, 6) is -0.520. The molecule has 0 fully saturated rings. The van der Waals surface area contributed by atoms with Crippen LogP contribution in [0.1, 0.15) is 348 Å². The van der Waals surface area contributed by atoms with Crippen LogP contribution in [0.4, 0.5) is 0 Å². The largest absolute Gasteiger partial charge is 0.756 e. The van der Waals surface area contributed by atoms with Crippen LogP contribution in [-0.4, -0.2) is 69.4 Å². The molecule has 3 atom stereocenters. The average Bonchev–Trinajstić information content (AvgIpc) is 3.40. The van der Waals surface area contributed by atoms with Crippen LogP contribution in [0.25, 0.3) is 0 Å². The molecule has 0 saturated heterocycles. The maximum atomic E-state index is 13.6. The standard InChI is InChI=1S/C68H133N2O7P/c1-7-10-13-16-19-22-25-28-30-32-33-34-35-36-37-39-40-42-45-48-51-54-57-60-67(71)69-65(64-76-78(73,74)75-63-62-70(4,5)6)66(59-56-53-50-47-44-27-24-21-18-15-12-9-3)77-68(72)61-58-55-52-49-46-43-41-38-31-29-26-23-20-17-14-11-8-2/h28,30,56,59,65-66H,7-27,29,31-55,57-58,60-64H2,1-6H3,(H-,69,71,73,74)/b30-28+,59-56-. The van der Waals surface area contributed by atoms with Gasteiger partial charge in [0.25, 0.3) is 7.82 Å². The summed E-state index contributed by atoms with van der Waals surface area (Å²) in [6.07, 6.45) is 70.1. The highest BCUT2D eigenvalue weighted by Crippen LogP contribution is 2.38. The van der Waals surface area contributed by atoms with Crippen LogP contribution in [0.3, 0.4) is 0 Å². The Labute approximate surface area is 485 Å². The van der Waals surface area contributed by atoms with Crippen molar-refractivity contribution in [2.24, 2.45) is 0 Å². The second kappa shape index (κ2) is 58.7. The van der Waals surface area contributed by atoms with Crippen molar-refractivity contribution in [2.45, 2.75) is 360 Å². The van der Waals surface area contributed by atoms with Crippen molar-refractivity contribution in [3.05, 3.63) is 24.3 Å². The van der Waals surface area contributed by atoms with E-state index in [2.05, 4.69) is 38.2 Å². The van der Waals surface area contributed by atoms with E-state index in [0.29, 0.717) is 17.4 Å². The van der Waals surface area contributed by atoms with E-state index in [9.17, 15) is 19.0 Å². The second-order valence-electron chi connectivity index (χ2n) is 24.7. The normalized spacial score (nSPS) is 13.7. The summed E-state index contributed by atoms with van der Waals surface area (Å²) in [6.45, 7) is 6.90. The van der Waals surface area contributed by atoms with E-state index in [0.717, 1.165) is 57.8 Å². The van der Waals surface area contributed by atoms with Gasteiger partial charge in [-0.1, -0.05) is 302 Å². The average molecular weight is 1120 g/mol. The number of carbonyl (C=O) groups is 2. The summed E-state index contributed by atoms with van der Waals surface area (Å²) in [4.78, 5) is 40.1. The van der Waals surface area contributed by atoms with Gasteiger partial charge in [0, 0.05) is 12.8 Å². The number of nitrogens with one attached hydrogen (secondary N) is 1. The van der Waals surface area contributed by atoms with Gasteiger partial charge in [0.15, 0.2) is 0 Å². The summed E-state index contributed by atoms with van der Waals surface area (Å²) < 4.78 is 30.4. The highest BCUT2D eigenvalue weighted by molar-refractivity contribution is 7.45. The van der Waals surface area contributed by atoms with Crippen LogP contribution < -0.4 is 10.2 Å². The summed E-state index contributed by atoms with van der Waals surface area (Å²) >= 11 is 0. The molecule has 0 radical (unpaired) electrons. The topological polar surface area (TPSA) is 114 Å². The van der Waals surface area contributed by atoms with Crippen LogP contribution >= 0.6 is 7.82 Å². The number of esters is 1. The minimum absolute atomic E-state index is 0.0182. The van der Waals surface area contributed by atoms with E-state index >= 15 is 0 Å². The van der Waals surface area contributed by atoms with Gasteiger partial charge >= 0.3 is 5.97 Å². The Balaban J connectivity index is 5.08. The number of amides is 1. The van der Waals surface area contributed by atoms with Crippen LogP contribution in [0.5, 0.6) is 0 Å². The molecule has 0 aliphatic rings. The molecule has 0 heterocycles. The summed E-state index contributed by atoms with van der Waals surface area (Å²) in [5.41, 5.74) is 0. The number of nitrogens with zero attached hydrogens (tertiary/aromatic N) is 1. The molecule has 1 N–H and O–H groups in total. The fourth-order valence-electron chi connectivity index (χ4n) is 10.3. The number of hydrogen-bond donors (Lipinski definition) is 1. The van der Waals surface area contributed by atoms with E-state index in [1.165, 1.54) is 257 Å². The number of hydrogen-bond acceptors (Lipinski definition) is 7. The molecule has 462 valence electrons. The van der Waals surface area contributed by atoms with Gasteiger partial charge in [-0.15, -0.1) is 0 Å².